The van der Waals surface area contributed by atoms with E-state index in [1.165, 1.54) is 30.3 Å². The number of aromatic carboxylic acids is 1. The van der Waals surface area contributed by atoms with Gasteiger partial charge in [0.1, 0.15) is 0 Å². The van der Waals surface area contributed by atoms with Crippen LogP contribution in [0.4, 0.5) is 24.5 Å². The molecule has 0 amide bonds. The highest BCUT2D eigenvalue weighted by molar-refractivity contribution is 8.00. The number of carboxylic acid groups (broad SMARTS) is 1. The number of alkyl halides is 3. The Morgan fingerprint density at radius 2 is 1.79 bits per heavy atom. The molecular formula is C19H14F3N3O3S. The van der Waals surface area contributed by atoms with Crippen LogP contribution in [0, 0.1) is 0 Å². The minimum Gasteiger partial charge on any atom is -0.493 e. The zero-order valence-electron chi connectivity index (χ0n) is 14.7. The Hall–Kier alpha value is -3.01. The fraction of sp³-hybridized carbons (Fsp3) is 0.211. The second kappa shape index (κ2) is 7.11. The molecule has 4 rings (SSSR count). The van der Waals surface area contributed by atoms with Gasteiger partial charge >= 0.3 is 12.1 Å². The Morgan fingerprint density at radius 1 is 1.10 bits per heavy atom. The van der Waals surface area contributed by atoms with E-state index in [1.807, 2.05) is 0 Å². The van der Waals surface area contributed by atoms with E-state index in [4.69, 9.17) is 5.11 Å². The lowest BCUT2D eigenvalue weighted by Crippen LogP contribution is -2.22. The van der Waals surface area contributed by atoms with Gasteiger partial charge in [0.25, 0.3) is 0 Å². The number of aromatic nitrogens is 1. The summed E-state index contributed by atoms with van der Waals surface area (Å²) in [5.74, 6) is 0.153. The molecule has 0 saturated carbocycles. The van der Waals surface area contributed by atoms with Gasteiger partial charge in [-0.15, -0.1) is 5.11 Å². The highest BCUT2D eigenvalue weighted by Crippen LogP contribution is 2.46. The fourth-order valence-corrected chi connectivity index (χ4v) is 3.82. The molecule has 0 aliphatic carbocycles. The van der Waals surface area contributed by atoms with Crippen LogP contribution in [0.1, 0.15) is 22.0 Å². The van der Waals surface area contributed by atoms with Gasteiger partial charge in [-0.1, -0.05) is 0 Å². The van der Waals surface area contributed by atoms with Crippen molar-refractivity contribution in [2.45, 2.75) is 12.2 Å². The van der Waals surface area contributed by atoms with Crippen LogP contribution >= 0.6 is 11.8 Å². The Kier molecular flexibility index (Phi) is 4.73. The molecule has 10 heteroatoms. The lowest BCUT2D eigenvalue weighted by molar-refractivity contribution is -0.137. The molecule has 1 saturated heterocycles. The number of aromatic hydroxyl groups is 1. The van der Waals surface area contributed by atoms with Crippen molar-refractivity contribution in [3.8, 4) is 5.88 Å². The van der Waals surface area contributed by atoms with E-state index in [0.29, 0.717) is 11.2 Å². The van der Waals surface area contributed by atoms with E-state index in [-0.39, 0.29) is 28.6 Å². The van der Waals surface area contributed by atoms with Crippen LogP contribution in [-0.4, -0.2) is 32.3 Å². The van der Waals surface area contributed by atoms with Crippen molar-refractivity contribution in [1.29, 1.82) is 0 Å². The molecule has 1 fully saturated rings. The van der Waals surface area contributed by atoms with Crippen LogP contribution in [0.25, 0.3) is 10.9 Å². The molecule has 1 aliphatic rings. The molecule has 0 spiro atoms. The third-order valence-corrected chi connectivity index (χ3v) is 5.88. The summed E-state index contributed by atoms with van der Waals surface area (Å²) in [7, 11) is 0. The summed E-state index contributed by atoms with van der Waals surface area (Å²) in [5.41, 5.74) is -0.0594. The van der Waals surface area contributed by atoms with E-state index in [2.05, 4.69) is 10.2 Å². The Bertz CT molecular complexity index is 1120. The van der Waals surface area contributed by atoms with Gasteiger partial charge in [0, 0.05) is 16.9 Å². The van der Waals surface area contributed by atoms with Crippen LogP contribution in [0.2, 0.25) is 0 Å². The fourth-order valence-electron chi connectivity index (χ4n) is 3.08. The number of hydrogen-bond donors (Lipinski definition) is 2. The molecule has 0 atom stereocenters. The van der Waals surface area contributed by atoms with Gasteiger partial charge in [-0.3, -0.25) is 0 Å². The lowest BCUT2D eigenvalue weighted by atomic mass is 10.1. The van der Waals surface area contributed by atoms with Gasteiger partial charge in [0.15, 0.2) is 5.69 Å². The quantitative estimate of drug-likeness (QED) is 0.524. The molecule has 2 aromatic carbocycles. The number of fused-ring (bicyclic) bond motifs is 1. The summed E-state index contributed by atoms with van der Waals surface area (Å²) >= 11 is 1.67. The summed E-state index contributed by atoms with van der Waals surface area (Å²) in [4.78, 5) is 10.9. The number of hydrogen-bond acceptors (Lipinski definition) is 5. The van der Waals surface area contributed by atoms with Gasteiger partial charge in [0.2, 0.25) is 5.88 Å². The average Bonchev–Trinajstić information content (AvgIpc) is 2.90. The monoisotopic (exact) mass is 421 g/mol. The predicted octanol–water partition coefficient (Wildman–Crippen LogP) is 5.77. The Balaban J connectivity index is 1.81. The van der Waals surface area contributed by atoms with Crippen LogP contribution in [-0.2, 0) is 6.18 Å². The number of thioether (sulfide) groups is 1. The van der Waals surface area contributed by atoms with Crippen molar-refractivity contribution >= 4 is 40.0 Å². The summed E-state index contributed by atoms with van der Waals surface area (Å²) in [5, 5.41) is 27.7. The van der Waals surface area contributed by atoms with Crippen molar-refractivity contribution in [3.63, 3.8) is 0 Å². The molecular weight excluding hydrogens is 407 g/mol. The molecule has 6 nitrogen and oxygen atoms in total. The molecule has 1 aliphatic heterocycles. The largest absolute Gasteiger partial charge is 0.493 e. The molecule has 29 heavy (non-hydrogen) atoms. The number of rotatable bonds is 4. The molecule has 3 aromatic rings. The first-order valence-electron chi connectivity index (χ1n) is 8.52. The van der Waals surface area contributed by atoms with E-state index < -0.39 is 17.7 Å². The Morgan fingerprint density at radius 3 is 2.34 bits per heavy atom. The van der Waals surface area contributed by atoms with Crippen molar-refractivity contribution in [2.24, 2.45) is 10.2 Å². The maximum Gasteiger partial charge on any atom is 0.416 e. The lowest BCUT2D eigenvalue weighted by Gasteiger charge is -2.27. The SMILES string of the molecule is O=C(O)c1ccc(N=Nc2c(O)n(C3CSC3)c3ccc(C(F)(F)F)cc23)cc1. The summed E-state index contributed by atoms with van der Waals surface area (Å²) in [6.45, 7) is 0. The van der Waals surface area contributed by atoms with Crippen LogP contribution in [0.5, 0.6) is 5.88 Å². The minimum atomic E-state index is -4.53. The van der Waals surface area contributed by atoms with Crippen LogP contribution < -0.4 is 0 Å². The topological polar surface area (TPSA) is 87.2 Å². The van der Waals surface area contributed by atoms with Crippen molar-refractivity contribution in [3.05, 3.63) is 53.6 Å². The third-order valence-electron chi connectivity index (χ3n) is 4.64. The van der Waals surface area contributed by atoms with Gasteiger partial charge < -0.3 is 14.8 Å². The number of carbonyl (C=O) groups is 1. The first-order chi connectivity index (χ1) is 13.8. The highest BCUT2D eigenvalue weighted by atomic mass is 32.2. The number of carboxylic acids is 1. The second-order valence-electron chi connectivity index (χ2n) is 6.52. The second-order valence-corrected chi connectivity index (χ2v) is 7.59. The van der Waals surface area contributed by atoms with Crippen molar-refractivity contribution in [1.82, 2.24) is 4.57 Å². The van der Waals surface area contributed by atoms with E-state index in [9.17, 15) is 23.1 Å². The number of nitrogens with zero attached hydrogens (tertiary/aromatic N) is 3. The van der Waals surface area contributed by atoms with Crippen molar-refractivity contribution in [2.75, 3.05) is 11.5 Å². The smallest absolute Gasteiger partial charge is 0.416 e. The van der Waals surface area contributed by atoms with Gasteiger partial charge in [-0.25, -0.2) is 4.79 Å². The zero-order chi connectivity index (χ0) is 20.8. The van der Waals surface area contributed by atoms with Crippen LogP contribution in [0.15, 0.2) is 52.7 Å². The van der Waals surface area contributed by atoms with Gasteiger partial charge in [-0.2, -0.15) is 30.0 Å². The zero-order valence-corrected chi connectivity index (χ0v) is 15.5. The molecule has 2 N–H and O–H groups in total. The predicted molar refractivity (Wildman–Crippen MR) is 103 cm³/mol. The third kappa shape index (κ3) is 3.55. The normalized spacial score (nSPS) is 15.1. The number of halogens is 3. The maximum atomic E-state index is 13.2. The molecule has 0 bridgehead atoms. The maximum absolute atomic E-state index is 13.2. The minimum absolute atomic E-state index is 0.0296. The molecule has 0 radical (unpaired) electrons. The first-order valence-corrected chi connectivity index (χ1v) is 9.68. The van der Waals surface area contributed by atoms with E-state index >= 15 is 0 Å². The molecule has 2 heterocycles. The van der Waals surface area contributed by atoms with Gasteiger partial charge in [0.05, 0.1) is 28.4 Å². The van der Waals surface area contributed by atoms with Crippen molar-refractivity contribution < 1.29 is 28.2 Å². The standard InChI is InChI=1S/C19H14F3N3O3S/c20-19(21,22)11-3-6-15-14(7-11)16(17(26)25(15)13-8-29-9-13)24-23-12-4-1-10(2-5-12)18(27)28/h1-7,13,26H,8-9H2,(H,27,28). The number of benzene rings is 2. The van der Waals surface area contributed by atoms with E-state index in [1.54, 1.807) is 16.3 Å². The number of azo groups is 1. The van der Waals surface area contributed by atoms with Gasteiger partial charge in [-0.05, 0) is 42.5 Å². The summed E-state index contributed by atoms with van der Waals surface area (Å²) < 4.78 is 41.1. The Labute approximate surface area is 166 Å². The molecule has 150 valence electrons. The summed E-state index contributed by atoms with van der Waals surface area (Å²) in [6, 6.07) is 8.77. The molecule has 0 unspecified atom stereocenters. The molecule has 1 aromatic heterocycles. The average molecular weight is 421 g/mol. The first kappa shape index (κ1) is 19.3. The van der Waals surface area contributed by atoms with Crippen LogP contribution in [0.3, 0.4) is 0 Å². The van der Waals surface area contributed by atoms with E-state index in [0.717, 1.165) is 23.6 Å². The highest BCUT2D eigenvalue weighted by Gasteiger charge is 2.33. The summed E-state index contributed by atoms with van der Waals surface area (Å²) in [6.07, 6.45) is -4.53.